The minimum Gasteiger partial charge on any atom is -0.306 e. The van der Waals surface area contributed by atoms with Gasteiger partial charge in [-0.05, 0) is 37.6 Å². The first-order valence-electron chi connectivity index (χ1n) is 6.76. The van der Waals surface area contributed by atoms with E-state index in [-0.39, 0.29) is 0 Å². The lowest BCUT2D eigenvalue weighted by Gasteiger charge is -2.25. The first-order valence-corrected chi connectivity index (χ1v) is 6.76. The van der Waals surface area contributed by atoms with Crippen molar-refractivity contribution in [2.45, 2.75) is 52.9 Å². The van der Waals surface area contributed by atoms with Crippen molar-refractivity contribution in [3.8, 4) is 0 Å². The summed E-state index contributed by atoms with van der Waals surface area (Å²) in [5, 5.41) is 0. The minimum atomic E-state index is 0.804. The molecule has 1 rings (SSSR count). The summed E-state index contributed by atoms with van der Waals surface area (Å²) in [4.78, 5) is 2.54. The molecule has 2 atom stereocenters. The van der Waals surface area contributed by atoms with E-state index in [4.69, 9.17) is 0 Å². The van der Waals surface area contributed by atoms with Crippen LogP contribution in [0.25, 0.3) is 0 Å². The lowest BCUT2D eigenvalue weighted by Crippen LogP contribution is -2.29. The third kappa shape index (κ3) is 5.55. The van der Waals surface area contributed by atoms with Crippen LogP contribution in [0, 0.1) is 17.8 Å². The molecule has 1 saturated carbocycles. The van der Waals surface area contributed by atoms with E-state index in [1.165, 1.54) is 45.2 Å². The summed E-state index contributed by atoms with van der Waals surface area (Å²) in [5.74, 6) is 2.73. The van der Waals surface area contributed by atoms with E-state index in [0.29, 0.717) is 0 Å². The average Bonchev–Trinajstić information content (AvgIpc) is 2.28. The molecule has 0 aromatic carbocycles. The fourth-order valence-electron chi connectivity index (χ4n) is 3.04. The zero-order valence-electron chi connectivity index (χ0n) is 11.1. The summed E-state index contributed by atoms with van der Waals surface area (Å²) >= 11 is 0. The Morgan fingerprint density at radius 3 is 2.53 bits per heavy atom. The van der Waals surface area contributed by atoms with Crippen molar-refractivity contribution in [1.29, 1.82) is 0 Å². The van der Waals surface area contributed by atoms with Gasteiger partial charge in [0.15, 0.2) is 0 Å². The van der Waals surface area contributed by atoms with Crippen molar-refractivity contribution in [3.63, 3.8) is 0 Å². The normalized spacial score (nSPS) is 28.4. The second-order valence-corrected chi connectivity index (χ2v) is 6.11. The van der Waals surface area contributed by atoms with E-state index in [1.54, 1.807) is 0 Å². The maximum atomic E-state index is 2.54. The Balaban J connectivity index is 2.29. The van der Waals surface area contributed by atoms with Crippen LogP contribution < -0.4 is 0 Å². The Kier molecular flexibility index (Phi) is 5.66. The van der Waals surface area contributed by atoms with E-state index >= 15 is 0 Å². The highest BCUT2D eigenvalue weighted by molar-refractivity contribution is 4.71. The van der Waals surface area contributed by atoms with Crippen LogP contribution in [-0.2, 0) is 0 Å². The van der Waals surface area contributed by atoms with Crippen molar-refractivity contribution >= 4 is 0 Å². The zero-order chi connectivity index (χ0) is 11.3. The molecular formula is C14H29N. The number of hydrogen-bond donors (Lipinski definition) is 0. The third-order valence-electron chi connectivity index (χ3n) is 3.54. The Labute approximate surface area is 96.2 Å². The highest BCUT2D eigenvalue weighted by atomic mass is 15.1. The maximum Gasteiger partial charge on any atom is 0.000682 e. The van der Waals surface area contributed by atoms with Gasteiger partial charge in [-0.2, -0.15) is 0 Å². The third-order valence-corrected chi connectivity index (χ3v) is 3.54. The Morgan fingerprint density at radius 2 is 1.87 bits per heavy atom. The van der Waals surface area contributed by atoms with E-state index in [2.05, 4.69) is 32.7 Å². The quantitative estimate of drug-likeness (QED) is 0.640. The van der Waals surface area contributed by atoms with Gasteiger partial charge in [-0.25, -0.2) is 0 Å². The van der Waals surface area contributed by atoms with Gasteiger partial charge in [0.2, 0.25) is 0 Å². The SMILES string of the molecule is CC(C)CN(C)CC1CCCCC(C)C1. The van der Waals surface area contributed by atoms with Gasteiger partial charge < -0.3 is 4.90 Å². The van der Waals surface area contributed by atoms with Crippen LogP contribution in [0.3, 0.4) is 0 Å². The molecule has 1 fully saturated rings. The average molecular weight is 211 g/mol. The van der Waals surface area contributed by atoms with E-state index in [0.717, 1.165) is 17.8 Å². The molecule has 0 heterocycles. The standard InChI is InChI=1S/C14H29N/c1-12(2)10-15(4)11-14-8-6-5-7-13(3)9-14/h12-14H,5-11H2,1-4H3. The van der Waals surface area contributed by atoms with Gasteiger partial charge in [-0.15, -0.1) is 0 Å². The van der Waals surface area contributed by atoms with Crippen LogP contribution in [0.1, 0.15) is 52.9 Å². The first-order chi connectivity index (χ1) is 7.08. The molecule has 1 aliphatic rings. The van der Waals surface area contributed by atoms with Crippen LogP contribution >= 0.6 is 0 Å². The maximum absolute atomic E-state index is 2.54. The van der Waals surface area contributed by atoms with Crippen LogP contribution in [-0.4, -0.2) is 25.0 Å². The smallest absolute Gasteiger partial charge is 0.000682 e. The fourth-order valence-corrected chi connectivity index (χ4v) is 3.04. The molecule has 90 valence electrons. The van der Waals surface area contributed by atoms with Crippen molar-refractivity contribution in [3.05, 3.63) is 0 Å². The zero-order valence-corrected chi connectivity index (χ0v) is 11.1. The number of rotatable bonds is 4. The van der Waals surface area contributed by atoms with Gasteiger partial charge in [0.25, 0.3) is 0 Å². The number of nitrogens with zero attached hydrogens (tertiary/aromatic N) is 1. The van der Waals surface area contributed by atoms with Gasteiger partial charge in [-0.3, -0.25) is 0 Å². The molecule has 1 aliphatic carbocycles. The Hall–Kier alpha value is -0.0400. The monoisotopic (exact) mass is 211 g/mol. The molecule has 0 aromatic heterocycles. The summed E-state index contributed by atoms with van der Waals surface area (Å²) in [6, 6.07) is 0. The molecule has 0 amide bonds. The van der Waals surface area contributed by atoms with Gasteiger partial charge in [-0.1, -0.05) is 40.0 Å². The Morgan fingerprint density at radius 1 is 1.20 bits per heavy atom. The van der Waals surface area contributed by atoms with Crippen LogP contribution in [0.2, 0.25) is 0 Å². The molecule has 0 spiro atoms. The molecule has 0 saturated heterocycles. The van der Waals surface area contributed by atoms with Crippen LogP contribution in [0.5, 0.6) is 0 Å². The largest absolute Gasteiger partial charge is 0.306 e. The van der Waals surface area contributed by atoms with E-state index < -0.39 is 0 Å². The second kappa shape index (κ2) is 6.52. The molecule has 2 unspecified atom stereocenters. The molecule has 0 bridgehead atoms. The first kappa shape index (κ1) is 13.0. The van der Waals surface area contributed by atoms with Gasteiger partial charge in [0.05, 0.1) is 0 Å². The molecule has 0 radical (unpaired) electrons. The summed E-state index contributed by atoms with van der Waals surface area (Å²) in [6.45, 7) is 9.63. The molecular weight excluding hydrogens is 182 g/mol. The molecule has 0 aliphatic heterocycles. The summed E-state index contributed by atoms with van der Waals surface area (Å²) < 4.78 is 0. The molecule has 15 heavy (non-hydrogen) atoms. The van der Waals surface area contributed by atoms with Crippen molar-refractivity contribution < 1.29 is 0 Å². The van der Waals surface area contributed by atoms with Gasteiger partial charge in [0.1, 0.15) is 0 Å². The summed E-state index contributed by atoms with van der Waals surface area (Å²) in [5.41, 5.74) is 0. The van der Waals surface area contributed by atoms with Crippen molar-refractivity contribution in [1.82, 2.24) is 4.90 Å². The summed E-state index contributed by atoms with van der Waals surface area (Å²) in [7, 11) is 2.29. The fraction of sp³-hybridized carbons (Fsp3) is 1.00. The second-order valence-electron chi connectivity index (χ2n) is 6.11. The topological polar surface area (TPSA) is 3.24 Å². The summed E-state index contributed by atoms with van der Waals surface area (Å²) in [6.07, 6.45) is 7.32. The van der Waals surface area contributed by atoms with E-state index in [9.17, 15) is 0 Å². The van der Waals surface area contributed by atoms with Gasteiger partial charge in [0, 0.05) is 13.1 Å². The van der Waals surface area contributed by atoms with Crippen LogP contribution in [0.15, 0.2) is 0 Å². The number of hydrogen-bond acceptors (Lipinski definition) is 1. The van der Waals surface area contributed by atoms with Crippen LogP contribution in [0.4, 0.5) is 0 Å². The molecule has 0 N–H and O–H groups in total. The highest BCUT2D eigenvalue weighted by Crippen LogP contribution is 2.27. The predicted octanol–water partition coefficient (Wildman–Crippen LogP) is 3.79. The lowest BCUT2D eigenvalue weighted by atomic mass is 9.94. The van der Waals surface area contributed by atoms with Crippen molar-refractivity contribution in [2.75, 3.05) is 20.1 Å². The van der Waals surface area contributed by atoms with Crippen molar-refractivity contribution in [2.24, 2.45) is 17.8 Å². The predicted molar refractivity (Wildman–Crippen MR) is 68.1 cm³/mol. The highest BCUT2D eigenvalue weighted by Gasteiger charge is 2.18. The lowest BCUT2D eigenvalue weighted by molar-refractivity contribution is 0.228. The van der Waals surface area contributed by atoms with E-state index in [1.807, 2.05) is 0 Å². The molecule has 1 heteroatoms. The molecule has 1 nitrogen and oxygen atoms in total. The molecule has 0 aromatic rings. The minimum absolute atomic E-state index is 0.804. The Bertz CT molecular complexity index is 165. The van der Waals surface area contributed by atoms with Gasteiger partial charge >= 0.3 is 0 Å².